The molecule has 3 amide bonds. The Balaban J connectivity index is 1.64. The van der Waals surface area contributed by atoms with Gasteiger partial charge in [-0.1, -0.05) is 58.5 Å². The number of hydrogen-bond acceptors (Lipinski definition) is 5. The van der Waals surface area contributed by atoms with Gasteiger partial charge in [0, 0.05) is 32.7 Å². The Morgan fingerprint density at radius 1 is 1.02 bits per heavy atom. The second kappa shape index (κ2) is 16.5. The molecule has 1 aliphatic rings. The van der Waals surface area contributed by atoms with Gasteiger partial charge in [-0.2, -0.15) is 0 Å². The molecular formula is C29H37Cl4N5O3. The van der Waals surface area contributed by atoms with Crippen LogP contribution in [0.2, 0.25) is 20.1 Å². The minimum absolute atomic E-state index is 0.0223. The molecule has 224 valence electrons. The maximum absolute atomic E-state index is 13.7. The van der Waals surface area contributed by atoms with E-state index >= 15 is 0 Å². The summed E-state index contributed by atoms with van der Waals surface area (Å²) in [7, 11) is 2.07. The van der Waals surface area contributed by atoms with Gasteiger partial charge in [0.05, 0.1) is 13.1 Å². The van der Waals surface area contributed by atoms with Crippen molar-refractivity contribution in [2.45, 2.75) is 50.6 Å². The van der Waals surface area contributed by atoms with Crippen molar-refractivity contribution in [2.75, 3.05) is 39.8 Å². The third-order valence-corrected chi connectivity index (χ3v) is 8.46. The number of nitrogens with one attached hydrogen (secondary N) is 2. The zero-order valence-corrected chi connectivity index (χ0v) is 26.1. The molecule has 1 heterocycles. The van der Waals surface area contributed by atoms with Crippen LogP contribution in [-0.2, 0) is 27.2 Å². The third kappa shape index (κ3) is 10.9. The summed E-state index contributed by atoms with van der Waals surface area (Å²) >= 11 is 24.5. The molecule has 12 heteroatoms. The molecule has 0 bridgehead atoms. The van der Waals surface area contributed by atoms with Gasteiger partial charge in [0.1, 0.15) is 6.04 Å². The largest absolute Gasteiger partial charge is 0.368 e. The van der Waals surface area contributed by atoms with Crippen molar-refractivity contribution in [3.8, 4) is 0 Å². The standard InChI is InChI=1S/C29H37Cl4N5O3/c1-37-13-2-3-23(37)8-9-26(36-28(40)17-35-12-10-19-4-6-21(30)15-24(19)32)29(41)38(18-27(34)39)14-11-20-5-7-22(31)16-25(20)33/h4-7,15-16,23,26,35H,2-3,8-14,17-18H2,1H3,(H2,34,39)(H,36,40)/t23-,26?/m1/s1. The molecule has 2 atom stereocenters. The second-order valence-corrected chi connectivity index (χ2v) is 12.0. The van der Waals surface area contributed by atoms with Crippen molar-refractivity contribution >= 4 is 64.1 Å². The molecule has 0 aromatic heterocycles. The van der Waals surface area contributed by atoms with Crippen molar-refractivity contribution in [3.63, 3.8) is 0 Å². The molecule has 1 unspecified atom stereocenters. The number of carbonyl (C=O) groups is 3. The maximum atomic E-state index is 13.7. The molecule has 1 aliphatic heterocycles. The van der Waals surface area contributed by atoms with Crippen molar-refractivity contribution in [1.82, 2.24) is 20.4 Å². The Kier molecular flexibility index (Phi) is 13.5. The SMILES string of the molecule is CN1CCC[C@@H]1CCC(NC(=O)CNCCc1ccc(Cl)cc1Cl)C(=O)N(CCc1ccc(Cl)cc1Cl)CC(N)=O. The summed E-state index contributed by atoms with van der Waals surface area (Å²) in [6.45, 7) is 1.48. The lowest BCUT2D eigenvalue weighted by atomic mass is 10.0. The lowest BCUT2D eigenvalue weighted by molar-refractivity contribution is -0.139. The fraction of sp³-hybridized carbons (Fsp3) is 0.483. The predicted octanol–water partition coefficient (Wildman–Crippen LogP) is 4.35. The first kappa shape index (κ1) is 33.4. The highest BCUT2D eigenvalue weighted by atomic mass is 35.5. The van der Waals surface area contributed by atoms with E-state index in [-0.39, 0.29) is 31.4 Å². The molecule has 41 heavy (non-hydrogen) atoms. The van der Waals surface area contributed by atoms with E-state index in [0.717, 1.165) is 36.9 Å². The number of amides is 3. The molecule has 0 radical (unpaired) electrons. The van der Waals surface area contributed by atoms with Crippen LogP contribution in [0.1, 0.15) is 36.8 Å². The van der Waals surface area contributed by atoms with Gasteiger partial charge < -0.3 is 26.2 Å². The second-order valence-electron chi connectivity index (χ2n) is 10.3. The monoisotopic (exact) mass is 643 g/mol. The number of rotatable bonds is 15. The third-order valence-electron chi connectivity index (χ3n) is 7.29. The molecule has 1 fully saturated rings. The Bertz CT molecular complexity index is 1210. The predicted molar refractivity (Wildman–Crippen MR) is 166 cm³/mol. The number of primary amides is 1. The van der Waals surface area contributed by atoms with Crippen molar-refractivity contribution in [2.24, 2.45) is 5.73 Å². The number of nitrogens with zero attached hydrogens (tertiary/aromatic N) is 2. The van der Waals surface area contributed by atoms with Crippen LogP contribution in [0.4, 0.5) is 0 Å². The normalized spacial score (nSPS) is 16.0. The Morgan fingerprint density at radius 2 is 1.66 bits per heavy atom. The fourth-order valence-corrected chi connectivity index (χ4v) is 6.02. The average Bonchev–Trinajstić information content (AvgIpc) is 3.32. The molecule has 1 saturated heterocycles. The Hall–Kier alpha value is -2.07. The number of hydrogen-bond donors (Lipinski definition) is 3. The van der Waals surface area contributed by atoms with Gasteiger partial charge in [-0.3, -0.25) is 14.4 Å². The van der Waals surface area contributed by atoms with E-state index in [2.05, 4.69) is 22.6 Å². The molecule has 0 spiro atoms. The van der Waals surface area contributed by atoms with Crippen molar-refractivity contribution in [3.05, 3.63) is 67.6 Å². The van der Waals surface area contributed by atoms with Crippen LogP contribution < -0.4 is 16.4 Å². The van der Waals surface area contributed by atoms with Crippen LogP contribution in [-0.4, -0.2) is 79.4 Å². The van der Waals surface area contributed by atoms with Gasteiger partial charge >= 0.3 is 0 Å². The van der Waals surface area contributed by atoms with E-state index < -0.39 is 11.9 Å². The number of benzene rings is 2. The Labute approximate surface area is 261 Å². The minimum atomic E-state index is -0.802. The molecule has 3 rings (SSSR count). The van der Waals surface area contributed by atoms with Gasteiger partial charge in [-0.05, 0) is 94.1 Å². The van der Waals surface area contributed by atoms with E-state index in [1.54, 1.807) is 30.3 Å². The highest BCUT2D eigenvalue weighted by Gasteiger charge is 2.29. The summed E-state index contributed by atoms with van der Waals surface area (Å²) in [5.41, 5.74) is 7.20. The van der Waals surface area contributed by atoms with Gasteiger partial charge in [0.15, 0.2) is 0 Å². The van der Waals surface area contributed by atoms with Crippen LogP contribution in [0.5, 0.6) is 0 Å². The zero-order chi connectivity index (χ0) is 29.9. The molecule has 0 aliphatic carbocycles. The Morgan fingerprint density at radius 3 is 2.22 bits per heavy atom. The minimum Gasteiger partial charge on any atom is -0.368 e. The van der Waals surface area contributed by atoms with E-state index in [0.29, 0.717) is 51.9 Å². The molecule has 4 N–H and O–H groups in total. The highest BCUT2D eigenvalue weighted by molar-refractivity contribution is 6.35. The molecule has 8 nitrogen and oxygen atoms in total. The topological polar surface area (TPSA) is 108 Å². The molecule has 0 saturated carbocycles. The van der Waals surface area contributed by atoms with Crippen LogP contribution in [0, 0.1) is 0 Å². The van der Waals surface area contributed by atoms with Crippen LogP contribution >= 0.6 is 46.4 Å². The van der Waals surface area contributed by atoms with Gasteiger partial charge in [0.2, 0.25) is 17.7 Å². The summed E-state index contributed by atoms with van der Waals surface area (Å²) in [6.07, 6.45) is 4.33. The van der Waals surface area contributed by atoms with E-state index in [1.807, 2.05) is 6.07 Å². The summed E-state index contributed by atoms with van der Waals surface area (Å²) in [6, 6.07) is 9.98. The fourth-order valence-electron chi connectivity index (χ4n) is 5.01. The van der Waals surface area contributed by atoms with Crippen molar-refractivity contribution in [1.29, 1.82) is 0 Å². The highest BCUT2D eigenvalue weighted by Crippen LogP contribution is 2.23. The smallest absolute Gasteiger partial charge is 0.245 e. The summed E-state index contributed by atoms with van der Waals surface area (Å²) in [5, 5.41) is 8.12. The summed E-state index contributed by atoms with van der Waals surface area (Å²) in [4.78, 5) is 42.2. The maximum Gasteiger partial charge on any atom is 0.245 e. The van der Waals surface area contributed by atoms with E-state index in [4.69, 9.17) is 52.1 Å². The van der Waals surface area contributed by atoms with Crippen LogP contribution in [0.25, 0.3) is 0 Å². The average molecular weight is 645 g/mol. The van der Waals surface area contributed by atoms with Gasteiger partial charge in [0.25, 0.3) is 0 Å². The molecular weight excluding hydrogens is 608 g/mol. The van der Waals surface area contributed by atoms with Crippen LogP contribution in [0.15, 0.2) is 36.4 Å². The van der Waals surface area contributed by atoms with Crippen LogP contribution in [0.3, 0.4) is 0 Å². The number of halogens is 4. The first-order chi connectivity index (χ1) is 19.5. The van der Waals surface area contributed by atoms with Crippen molar-refractivity contribution < 1.29 is 14.4 Å². The number of likely N-dealkylation sites (tertiary alicyclic amines) is 1. The van der Waals surface area contributed by atoms with E-state index in [9.17, 15) is 14.4 Å². The van der Waals surface area contributed by atoms with Gasteiger partial charge in [-0.25, -0.2) is 0 Å². The summed E-state index contributed by atoms with van der Waals surface area (Å²) < 4.78 is 0. The zero-order valence-electron chi connectivity index (χ0n) is 23.1. The number of nitrogens with two attached hydrogens (primary N) is 1. The lowest BCUT2D eigenvalue weighted by Crippen LogP contribution is -2.52. The first-order valence-electron chi connectivity index (χ1n) is 13.7. The first-order valence-corrected chi connectivity index (χ1v) is 15.2. The quantitative estimate of drug-likeness (QED) is 0.250. The lowest BCUT2D eigenvalue weighted by Gasteiger charge is -2.29. The molecule has 2 aromatic rings. The van der Waals surface area contributed by atoms with E-state index in [1.165, 1.54) is 4.90 Å². The van der Waals surface area contributed by atoms with Gasteiger partial charge in [-0.15, -0.1) is 0 Å². The molecule has 2 aromatic carbocycles. The number of carbonyl (C=O) groups excluding carboxylic acids is 3. The summed E-state index contributed by atoms with van der Waals surface area (Å²) in [5.74, 6) is -1.30.